The van der Waals surface area contributed by atoms with E-state index in [1.54, 1.807) is 12.1 Å². The van der Waals surface area contributed by atoms with Crippen molar-refractivity contribution in [3.63, 3.8) is 0 Å². The van der Waals surface area contributed by atoms with E-state index in [1.807, 2.05) is 0 Å². The molecule has 2 N–H and O–H groups in total. The number of hydrogen-bond donors (Lipinski definition) is 2. The summed E-state index contributed by atoms with van der Waals surface area (Å²) in [4.78, 5) is 26.2. The lowest BCUT2D eigenvalue weighted by Gasteiger charge is -2.12. The van der Waals surface area contributed by atoms with Gasteiger partial charge in [0, 0.05) is 19.6 Å². The fraction of sp³-hybridized carbons (Fsp3) is 0.357. The van der Waals surface area contributed by atoms with Crippen molar-refractivity contribution >= 4 is 18.2 Å². The predicted molar refractivity (Wildman–Crippen MR) is 70.6 cm³/mol. The molecule has 0 saturated heterocycles. The molecule has 1 aromatic rings. The number of rotatable bonds is 5. The normalized spacial score (nSPS) is 16.1. The van der Waals surface area contributed by atoms with Crippen molar-refractivity contribution in [1.29, 1.82) is 0 Å². The van der Waals surface area contributed by atoms with Gasteiger partial charge in [0.15, 0.2) is 0 Å². The second kappa shape index (κ2) is 5.32. The van der Waals surface area contributed by atoms with Crippen LogP contribution in [0.3, 0.4) is 0 Å². The van der Waals surface area contributed by atoms with Crippen molar-refractivity contribution in [2.24, 2.45) is 5.16 Å². The molecule has 0 spiro atoms. The van der Waals surface area contributed by atoms with E-state index < -0.39 is 17.4 Å². The Labute approximate surface area is 115 Å². The van der Waals surface area contributed by atoms with Gasteiger partial charge in [-0.25, -0.2) is 4.79 Å². The minimum atomic E-state index is -0.845. The zero-order valence-corrected chi connectivity index (χ0v) is 11.0. The molecule has 2 rings (SSSR count). The molecule has 20 heavy (non-hydrogen) atoms. The van der Waals surface area contributed by atoms with E-state index in [0.29, 0.717) is 24.0 Å². The summed E-state index contributed by atoms with van der Waals surface area (Å²) in [5, 5.41) is 22.4. The highest BCUT2D eigenvalue weighted by Crippen LogP contribution is 2.49. The molecule has 1 aromatic carbocycles. The molecule has 0 unspecified atom stereocenters. The average molecular weight is 277 g/mol. The van der Waals surface area contributed by atoms with Crippen LogP contribution in [-0.4, -0.2) is 28.4 Å². The largest absolute Gasteiger partial charge is 0.508 e. The quantitative estimate of drug-likeness (QED) is 0.484. The van der Waals surface area contributed by atoms with Gasteiger partial charge in [0.1, 0.15) is 5.75 Å². The number of hydrogen-bond acceptors (Lipinski definition) is 5. The summed E-state index contributed by atoms with van der Waals surface area (Å²) >= 11 is 0. The van der Waals surface area contributed by atoms with Gasteiger partial charge < -0.3 is 15.1 Å². The van der Waals surface area contributed by atoms with Crippen molar-refractivity contribution in [2.45, 2.75) is 31.6 Å². The molecule has 106 valence electrons. The van der Waals surface area contributed by atoms with Crippen molar-refractivity contribution < 1.29 is 24.6 Å². The lowest BCUT2D eigenvalue weighted by atomic mass is 9.93. The number of carbonyl (C=O) groups excluding carboxylic acids is 1. The maximum atomic E-state index is 11.3. The molecular weight excluding hydrogens is 262 g/mol. The molecule has 1 aliphatic carbocycles. The zero-order chi connectivity index (χ0) is 14.8. The minimum absolute atomic E-state index is 0.0595. The first-order valence-electron chi connectivity index (χ1n) is 6.21. The molecule has 1 fully saturated rings. The summed E-state index contributed by atoms with van der Waals surface area (Å²) in [6.45, 7) is 1.24. The first-order valence-corrected chi connectivity index (χ1v) is 6.21. The highest BCUT2D eigenvalue weighted by atomic mass is 16.7. The third-order valence-corrected chi connectivity index (χ3v) is 3.36. The van der Waals surface area contributed by atoms with Crippen molar-refractivity contribution in [2.75, 3.05) is 0 Å². The number of phenols is 1. The molecule has 0 heterocycles. The molecule has 0 radical (unpaired) electrons. The lowest BCUT2D eigenvalue weighted by Crippen LogP contribution is -2.19. The third-order valence-electron chi connectivity index (χ3n) is 3.36. The van der Waals surface area contributed by atoms with Crippen LogP contribution in [0.1, 0.15) is 30.9 Å². The van der Waals surface area contributed by atoms with Gasteiger partial charge in [-0.2, -0.15) is 0 Å². The number of benzene rings is 1. The Morgan fingerprint density at radius 3 is 2.70 bits per heavy atom. The molecule has 0 aliphatic heterocycles. The molecule has 6 heteroatoms. The fourth-order valence-electron chi connectivity index (χ4n) is 2.04. The van der Waals surface area contributed by atoms with E-state index >= 15 is 0 Å². The van der Waals surface area contributed by atoms with Gasteiger partial charge in [-0.15, -0.1) is 0 Å². The van der Waals surface area contributed by atoms with Crippen LogP contribution in [0.2, 0.25) is 0 Å². The van der Waals surface area contributed by atoms with Crippen molar-refractivity contribution in [1.82, 2.24) is 0 Å². The summed E-state index contributed by atoms with van der Waals surface area (Å²) in [5.74, 6) is -1.31. The van der Waals surface area contributed by atoms with Crippen LogP contribution in [0.4, 0.5) is 0 Å². The summed E-state index contributed by atoms with van der Waals surface area (Å²) in [7, 11) is 0. The monoisotopic (exact) mass is 277 g/mol. The Hall–Kier alpha value is -2.37. The van der Waals surface area contributed by atoms with Crippen LogP contribution < -0.4 is 0 Å². The SMILES string of the molecule is CC(=O)ON=CCc1cc(C2(C(=O)O)CC2)ccc1O. The number of oxime groups is 1. The molecule has 0 aromatic heterocycles. The van der Waals surface area contributed by atoms with E-state index in [0.717, 1.165) is 0 Å². The first-order chi connectivity index (χ1) is 9.45. The van der Waals surface area contributed by atoms with Crippen LogP contribution in [0.5, 0.6) is 5.75 Å². The maximum absolute atomic E-state index is 11.3. The van der Waals surface area contributed by atoms with Gasteiger partial charge in [0.05, 0.1) is 5.41 Å². The molecule has 0 bridgehead atoms. The Morgan fingerprint density at radius 2 is 2.15 bits per heavy atom. The van der Waals surface area contributed by atoms with E-state index in [9.17, 15) is 19.8 Å². The van der Waals surface area contributed by atoms with Crippen LogP contribution in [0.15, 0.2) is 23.4 Å². The van der Waals surface area contributed by atoms with Crippen molar-refractivity contribution in [3.8, 4) is 5.75 Å². The molecule has 6 nitrogen and oxygen atoms in total. The Kier molecular flexibility index (Phi) is 3.74. The topological polar surface area (TPSA) is 96.2 Å². The fourth-order valence-corrected chi connectivity index (χ4v) is 2.04. The Morgan fingerprint density at radius 1 is 1.45 bits per heavy atom. The highest BCUT2D eigenvalue weighted by molar-refractivity contribution is 5.85. The Balaban J connectivity index is 2.16. The van der Waals surface area contributed by atoms with Gasteiger partial charge in [0.2, 0.25) is 0 Å². The van der Waals surface area contributed by atoms with E-state index in [4.69, 9.17) is 0 Å². The van der Waals surface area contributed by atoms with Gasteiger partial charge in [-0.1, -0.05) is 17.3 Å². The van der Waals surface area contributed by atoms with Crippen LogP contribution in [0, 0.1) is 0 Å². The number of carboxylic acid groups (broad SMARTS) is 1. The van der Waals surface area contributed by atoms with E-state index in [1.165, 1.54) is 19.2 Å². The third kappa shape index (κ3) is 2.79. The van der Waals surface area contributed by atoms with Gasteiger partial charge in [0.25, 0.3) is 0 Å². The number of carboxylic acids is 1. The smallest absolute Gasteiger partial charge is 0.331 e. The lowest BCUT2D eigenvalue weighted by molar-refractivity contribution is -0.141. The highest BCUT2D eigenvalue weighted by Gasteiger charge is 2.51. The first kappa shape index (κ1) is 14.0. The summed E-state index contributed by atoms with van der Waals surface area (Å²) < 4.78 is 0. The standard InChI is InChI=1S/C14H15NO5/c1-9(16)20-15-7-4-10-8-11(2-3-12(10)17)14(5-6-14)13(18)19/h2-3,7-8,17H,4-6H2,1H3,(H,18,19). The maximum Gasteiger partial charge on any atom is 0.331 e. The second-order valence-corrected chi connectivity index (χ2v) is 4.81. The number of aliphatic carboxylic acids is 1. The molecular formula is C14H15NO5. The van der Waals surface area contributed by atoms with E-state index in [2.05, 4.69) is 9.99 Å². The molecule has 0 atom stereocenters. The number of nitrogens with zero attached hydrogens (tertiary/aromatic N) is 1. The van der Waals surface area contributed by atoms with Gasteiger partial charge >= 0.3 is 11.9 Å². The minimum Gasteiger partial charge on any atom is -0.508 e. The predicted octanol–water partition coefficient (Wildman–Crippen LogP) is 1.60. The van der Waals surface area contributed by atoms with Crippen LogP contribution >= 0.6 is 0 Å². The van der Waals surface area contributed by atoms with E-state index in [-0.39, 0.29) is 12.2 Å². The van der Waals surface area contributed by atoms with Gasteiger partial charge in [-0.05, 0) is 30.0 Å². The average Bonchev–Trinajstić information content (AvgIpc) is 3.17. The summed E-state index contributed by atoms with van der Waals surface area (Å²) in [6.07, 6.45) is 2.81. The van der Waals surface area contributed by atoms with Crippen LogP contribution in [-0.2, 0) is 26.3 Å². The Bertz CT molecular complexity index is 575. The van der Waals surface area contributed by atoms with Crippen LogP contribution in [0.25, 0.3) is 0 Å². The van der Waals surface area contributed by atoms with Crippen molar-refractivity contribution in [3.05, 3.63) is 29.3 Å². The van der Waals surface area contributed by atoms with Gasteiger partial charge in [-0.3, -0.25) is 4.79 Å². The number of phenolic OH excluding ortho intramolecular Hbond substituents is 1. The summed E-state index contributed by atoms with van der Waals surface area (Å²) in [5.41, 5.74) is 0.416. The number of aromatic hydroxyl groups is 1. The summed E-state index contributed by atoms with van der Waals surface area (Å²) in [6, 6.07) is 4.77. The molecule has 0 amide bonds. The number of carbonyl (C=O) groups is 2. The zero-order valence-electron chi connectivity index (χ0n) is 11.0. The molecule has 1 aliphatic rings. The molecule has 1 saturated carbocycles. The second-order valence-electron chi connectivity index (χ2n) is 4.81.